The number of nitrogens with one attached hydrogen (secondary N) is 2. The Morgan fingerprint density at radius 1 is 1.06 bits per heavy atom. The topological polar surface area (TPSA) is 91.0 Å². The summed E-state index contributed by atoms with van der Waals surface area (Å²) in [6.07, 6.45) is 1.60. The largest absolute Gasteiger partial charge is 0.378 e. The molecule has 4 rings (SSSR count). The maximum Gasteiger partial charge on any atom is 0.329 e. The molecule has 2 aromatic rings. The molecule has 0 aliphatic carbocycles. The van der Waals surface area contributed by atoms with Crippen LogP contribution >= 0.6 is 11.6 Å². The fourth-order valence-electron chi connectivity index (χ4n) is 3.36. The van der Waals surface area contributed by atoms with Gasteiger partial charge >= 0.3 is 6.03 Å². The minimum absolute atomic E-state index is 0.128. The van der Waals surface area contributed by atoms with E-state index in [1.807, 2.05) is 24.3 Å². The number of imide groups is 1. The first-order chi connectivity index (χ1) is 15.0. The van der Waals surface area contributed by atoms with Crippen LogP contribution < -0.4 is 15.5 Å². The SMILES string of the molecule is O=C(CN1C(=O)NC(=Cc2ccc(N3CCOCC3)cc2)C1=O)Nc1ccc(Cl)cc1. The highest BCUT2D eigenvalue weighted by Gasteiger charge is 2.34. The molecule has 2 heterocycles. The summed E-state index contributed by atoms with van der Waals surface area (Å²) < 4.78 is 5.36. The van der Waals surface area contributed by atoms with Crippen LogP contribution in [0.5, 0.6) is 0 Å². The molecule has 160 valence electrons. The smallest absolute Gasteiger partial charge is 0.329 e. The van der Waals surface area contributed by atoms with E-state index in [4.69, 9.17) is 16.3 Å². The molecular weight excluding hydrogens is 420 g/mol. The first-order valence-corrected chi connectivity index (χ1v) is 10.2. The van der Waals surface area contributed by atoms with Crippen molar-refractivity contribution in [3.63, 3.8) is 0 Å². The van der Waals surface area contributed by atoms with Gasteiger partial charge < -0.3 is 20.3 Å². The lowest BCUT2D eigenvalue weighted by Crippen LogP contribution is -2.38. The van der Waals surface area contributed by atoms with E-state index in [0.717, 1.165) is 29.2 Å². The Bertz CT molecular complexity index is 1010. The number of urea groups is 1. The maximum atomic E-state index is 12.6. The van der Waals surface area contributed by atoms with Gasteiger partial charge in [0.15, 0.2) is 0 Å². The van der Waals surface area contributed by atoms with Crippen LogP contribution in [-0.2, 0) is 14.3 Å². The van der Waals surface area contributed by atoms with E-state index in [9.17, 15) is 14.4 Å². The summed E-state index contributed by atoms with van der Waals surface area (Å²) in [7, 11) is 0. The molecule has 2 aromatic carbocycles. The molecule has 2 fully saturated rings. The Hall–Kier alpha value is -3.36. The summed E-state index contributed by atoms with van der Waals surface area (Å²) in [6.45, 7) is 2.69. The fourth-order valence-corrected chi connectivity index (χ4v) is 3.49. The highest BCUT2D eigenvalue weighted by molar-refractivity contribution is 6.30. The summed E-state index contributed by atoms with van der Waals surface area (Å²) in [5.41, 5.74) is 2.50. The Morgan fingerprint density at radius 2 is 1.74 bits per heavy atom. The number of ether oxygens (including phenoxy) is 1. The van der Waals surface area contributed by atoms with Crippen molar-refractivity contribution in [2.24, 2.45) is 0 Å². The van der Waals surface area contributed by atoms with Gasteiger partial charge in [-0.3, -0.25) is 9.59 Å². The minimum atomic E-state index is -0.632. The third-order valence-corrected chi connectivity index (χ3v) is 5.22. The second-order valence-electron chi connectivity index (χ2n) is 7.13. The van der Waals surface area contributed by atoms with E-state index in [2.05, 4.69) is 15.5 Å². The molecule has 4 amide bonds. The lowest BCUT2D eigenvalue weighted by molar-refractivity contribution is -0.127. The van der Waals surface area contributed by atoms with E-state index in [1.54, 1.807) is 30.3 Å². The third kappa shape index (κ3) is 5.04. The summed E-state index contributed by atoms with van der Waals surface area (Å²) in [5.74, 6) is -1.03. The number of carbonyl (C=O) groups is 3. The zero-order valence-electron chi connectivity index (χ0n) is 16.6. The Balaban J connectivity index is 1.39. The van der Waals surface area contributed by atoms with Crippen LogP contribution in [0.25, 0.3) is 6.08 Å². The van der Waals surface area contributed by atoms with Crippen molar-refractivity contribution in [1.29, 1.82) is 0 Å². The molecular formula is C22H21ClN4O4. The van der Waals surface area contributed by atoms with Crippen molar-refractivity contribution in [2.45, 2.75) is 0 Å². The van der Waals surface area contributed by atoms with Crippen molar-refractivity contribution >= 4 is 46.9 Å². The van der Waals surface area contributed by atoms with Crippen LogP contribution in [-0.4, -0.2) is 55.6 Å². The van der Waals surface area contributed by atoms with Gasteiger partial charge in [0, 0.05) is 29.5 Å². The quantitative estimate of drug-likeness (QED) is 0.551. The Labute approximate surface area is 184 Å². The molecule has 2 aliphatic heterocycles. The predicted molar refractivity (Wildman–Crippen MR) is 118 cm³/mol. The van der Waals surface area contributed by atoms with Crippen molar-refractivity contribution in [2.75, 3.05) is 43.1 Å². The molecule has 9 heteroatoms. The molecule has 0 saturated carbocycles. The predicted octanol–water partition coefficient (Wildman–Crippen LogP) is 2.71. The average molecular weight is 441 g/mol. The Kier molecular flexibility index (Phi) is 6.20. The maximum absolute atomic E-state index is 12.6. The van der Waals surface area contributed by atoms with Crippen LogP contribution in [0.2, 0.25) is 5.02 Å². The molecule has 2 N–H and O–H groups in total. The van der Waals surface area contributed by atoms with Crippen molar-refractivity contribution < 1.29 is 19.1 Å². The van der Waals surface area contributed by atoms with Crippen molar-refractivity contribution in [3.8, 4) is 0 Å². The van der Waals surface area contributed by atoms with E-state index in [1.165, 1.54) is 0 Å². The number of amides is 4. The van der Waals surface area contributed by atoms with Crippen LogP contribution in [0.1, 0.15) is 5.56 Å². The van der Waals surface area contributed by atoms with Crippen LogP contribution in [0, 0.1) is 0 Å². The van der Waals surface area contributed by atoms with Crippen LogP contribution in [0.4, 0.5) is 16.2 Å². The second kappa shape index (κ2) is 9.20. The van der Waals surface area contributed by atoms with E-state index >= 15 is 0 Å². The molecule has 2 aliphatic rings. The number of anilines is 2. The van der Waals surface area contributed by atoms with Gasteiger partial charge in [0.05, 0.1) is 13.2 Å². The van der Waals surface area contributed by atoms with E-state index < -0.39 is 17.8 Å². The molecule has 0 aromatic heterocycles. The van der Waals surface area contributed by atoms with Gasteiger partial charge in [-0.15, -0.1) is 0 Å². The molecule has 0 radical (unpaired) electrons. The van der Waals surface area contributed by atoms with Crippen molar-refractivity contribution in [3.05, 3.63) is 64.8 Å². The number of benzene rings is 2. The Morgan fingerprint density at radius 3 is 2.42 bits per heavy atom. The van der Waals surface area contributed by atoms with Gasteiger partial charge in [-0.2, -0.15) is 0 Å². The third-order valence-electron chi connectivity index (χ3n) is 4.97. The van der Waals surface area contributed by atoms with Gasteiger partial charge in [0.1, 0.15) is 12.2 Å². The normalized spacial score (nSPS) is 17.8. The molecule has 0 unspecified atom stereocenters. The molecule has 0 atom stereocenters. The van der Waals surface area contributed by atoms with E-state index in [-0.39, 0.29) is 12.2 Å². The van der Waals surface area contributed by atoms with Crippen LogP contribution in [0.3, 0.4) is 0 Å². The molecule has 0 bridgehead atoms. The first kappa shape index (κ1) is 20.9. The number of hydrogen-bond acceptors (Lipinski definition) is 5. The molecule has 2 saturated heterocycles. The summed E-state index contributed by atoms with van der Waals surface area (Å²) in [4.78, 5) is 40.2. The number of nitrogens with zero attached hydrogens (tertiary/aromatic N) is 2. The number of morpholine rings is 1. The van der Waals surface area contributed by atoms with Gasteiger partial charge in [-0.25, -0.2) is 9.69 Å². The average Bonchev–Trinajstić information content (AvgIpc) is 3.04. The highest BCUT2D eigenvalue weighted by Crippen LogP contribution is 2.20. The second-order valence-corrected chi connectivity index (χ2v) is 7.56. The number of rotatable bonds is 5. The summed E-state index contributed by atoms with van der Waals surface area (Å²) in [5, 5.41) is 5.71. The standard InChI is InChI=1S/C22H21ClN4O4/c23-16-3-5-17(6-4-16)24-20(28)14-27-21(29)19(25-22(27)30)13-15-1-7-18(8-2-15)26-9-11-31-12-10-26/h1-8,13H,9-12,14H2,(H,24,28)(H,25,30). The van der Waals surface area contributed by atoms with E-state index in [0.29, 0.717) is 23.9 Å². The molecule has 8 nitrogen and oxygen atoms in total. The number of carbonyl (C=O) groups excluding carboxylic acids is 3. The first-order valence-electron chi connectivity index (χ1n) is 9.82. The lowest BCUT2D eigenvalue weighted by Gasteiger charge is -2.28. The zero-order chi connectivity index (χ0) is 21.8. The van der Waals surface area contributed by atoms with Crippen molar-refractivity contribution in [1.82, 2.24) is 10.2 Å². The summed E-state index contributed by atoms with van der Waals surface area (Å²) in [6, 6.07) is 13.6. The van der Waals surface area contributed by atoms with Gasteiger partial charge in [0.2, 0.25) is 5.91 Å². The van der Waals surface area contributed by atoms with Gasteiger partial charge in [-0.1, -0.05) is 23.7 Å². The summed E-state index contributed by atoms with van der Waals surface area (Å²) >= 11 is 5.82. The molecule has 31 heavy (non-hydrogen) atoms. The van der Waals surface area contributed by atoms with Gasteiger partial charge in [0.25, 0.3) is 5.91 Å². The molecule has 0 spiro atoms. The highest BCUT2D eigenvalue weighted by atomic mass is 35.5. The lowest BCUT2D eigenvalue weighted by atomic mass is 10.1. The van der Waals surface area contributed by atoms with Crippen LogP contribution in [0.15, 0.2) is 54.2 Å². The minimum Gasteiger partial charge on any atom is -0.378 e. The monoisotopic (exact) mass is 440 g/mol. The fraction of sp³-hybridized carbons (Fsp3) is 0.227. The number of hydrogen-bond donors (Lipinski definition) is 2. The zero-order valence-corrected chi connectivity index (χ0v) is 17.4. The van der Waals surface area contributed by atoms with Gasteiger partial charge in [-0.05, 0) is 48.0 Å². The number of halogens is 1.